The van der Waals surface area contributed by atoms with Crippen molar-refractivity contribution >= 4 is 11.3 Å². The first-order chi connectivity index (χ1) is 16.1. The summed E-state index contributed by atoms with van der Waals surface area (Å²) in [5.41, 5.74) is 5.17. The molecule has 0 saturated heterocycles. The van der Waals surface area contributed by atoms with Gasteiger partial charge in [-0.3, -0.25) is 0 Å². The monoisotopic (exact) mass is 497 g/mol. The van der Waals surface area contributed by atoms with Crippen molar-refractivity contribution in [1.29, 1.82) is 0 Å². The van der Waals surface area contributed by atoms with Crippen molar-refractivity contribution in [2.75, 3.05) is 33.5 Å². The average molecular weight is 498 g/mol. The number of ether oxygens (including phenoxy) is 3. The fourth-order valence-electron chi connectivity index (χ4n) is 2.94. The van der Waals surface area contributed by atoms with Gasteiger partial charge in [0, 0.05) is 5.56 Å². The lowest BCUT2D eigenvalue weighted by atomic mass is 10.1. The van der Waals surface area contributed by atoms with Gasteiger partial charge < -0.3 is 25.1 Å². The molecule has 0 radical (unpaired) electrons. The number of nitrogens with zero attached hydrogens (tertiary/aromatic N) is 2. The number of methoxy groups -OCH3 is 1. The molecule has 0 aliphatic carbocycles. The Kier molecular flexibility index (Phi) is 8.47. The molecule has 0 spiro atoms. The van der Waals surface area contributed by atoms with Gasteiger partial charge in [0.05, 0.1) is 38.0 Å². The van der Waals surface area contributed by atoms with Crippen molar-refractivity contribution in [3.8, 4) is 22.1 Å². The Labute approximate surface area is 199 Å². The fraction of sp³-hybridized carbons (Fsp3) is 0.391. The molecule has 7 nitrogen and oxygen atoms in total. The molecule has 0 amide bonds. The van der Waals surface area contributed by atoms with Crippen molar-refractivity contribution in [2.45, 2.75) is 25.1 Å². The Morgan fingerprint density at radius 2 is 1.76 bits per heavy atom. The first-order valence-corrected chi connectivity index (χ1v) is 11.2. The molecule has 0 aliphatic heterocycles. The standard InChI is InChI=1S/C23H26F3N3O4S/c1-22(27,14-30)21-29-28-20(34-21)16-5-8-19(18(13-16)23(24,25)26)33-12-11-32-10-9-15-3-6-17(31-2)7-4-15/h3-8,13,30H,9-12,14,27H2,1-2H3/t22-/m0/s1. The molecule has 184 valence electrons. The number of aromatic nitrogens is 2. The van der Waals surface area contributed by atoms with Crippen molar-refractivity contribution in [3.63, 3.8) is 0 Å². The van der Waals surface area contributed by atoms with Crippen molar-refractivity contribution in [3.05, 3.63) is 58.6 Å². The van der Waals surface area contributed by atoms with E-state index in [-0.39, 0.29) is 36.1 Å². The van der Waals surface area contributed by atoms with E-state index in [1.165, 1.54) is 12.1 Å². The molecule has 1 aromatic heterocycles. The molecule has 34 heavy (non-hydrogen) atoms. The smallest absolute Gasteiger partial charge is 0.419 e. The number of aliphatic hydroxyl groups is 1. The lowest BCUT2D eigenvalue weighted by molar-refractivity contribution is -0.139. The molecule has 3 aromatic rings. The summed E-state index contributed by atoms with van der Waals surface area (Å²) >= 11 is 1.03. The summed E-state index contributed by atoms with van der Waals surface area (Å²) in [5.74, 6) is 0.470. The summed E-state index contributed by atoms with van der Waals surface area (Å²) in [6, 6.07) is 11.3. The Morgan fingerprint density at radius 1 is 1.03 bits per heavy atom. The number of nitrogens with two attached hydrogens (primary N) is 1. The van der Waals surface area contributed by atoms with E-state index < -0.39 is 17.3 Å². The Hall–Kier alpha value is -2.73. The SMILES string of the molecule is COc1ccc(CCOCCOc2ccc(-c3nnc([C@@](C)(N)CO)s3)cc2C(F)(F)F)cc1. The predicted octanol–water partition coefficient (Wildman–Crippen LogP) is 4.04. The zero-order valence-corrected chi connectivity index (χ0v) is 19.6. The molecule has 1 heterocycles. The van der Waals surface area contributed by atoms with Gasteiger partial charge in [-0.05, 0) is 49.2 Å². The summed E-state index contributed by atoms with van der Waals surface area (Å²) in [7, 11) is 1.59. The van der Waals surface area contributed by atoms with Gasteiger partial charge in [-0.25, -0.2) is 0 Å². The van der Waals surface area contributed by atoms with Gasteiger partial charge in [0.15, 0.2) is 0 Å². The van der Waals surface area contributed by atoms with Crippen LogP contribution in [0.1, 0.15) is 23.1 Å². The molecule has 11 heteroatoms. The van der Waals surface area contributed by atoms with Crippen LogP contribution >= 0.6 is 11.3 Å². The van der Waals surface area contributed by atoms with E-state index in [1.54, 1.807) is 14.0 Å². The maximum atomic E-state index is 13.7. The molecule has 0 unspecified atom stereocenters. The van der Waals surface area contributed by atoms with Crippen LogP contribution in [0.5, 0.6) is 11.5 Å². The first kappa shape index (κ1) is 25.9. The number of alkyl halides is 3. The average Bonchev–Trinajstić information content (AvgIpc) is 3.32. The van der Waals surface area contributed by atoms with E-state index in [0.29, 0.717) is 18.0 Å². The highest BCUT2D eigenvalue weighted by Crippen LogP contribution is 2.39. The van der Waals surface area contributed by atoms with Crippen LogP contribution in [0.4, 0.5) is 13.2 Å². The second-order valence-corrected chi connectivity index (χ2v) is 8.73. The molecule has 1 atom stereocenters. The van der Waals surface area contributed by atoms with Gasteiger partial charge in [-0.15, -0.1) is 10.2 Å². The highest BCUT2D eigenvalue weighted by Gasteiger charge is 2.35. The maximum absolute atomic E-state index is 13.7. The minimum Gasteiger partial charge on any atom is -0.497 e. The lowest BCUT2D eigenvalue weighted by Gasteiger charge is -2.17. The van der Waals surface area contributed by atoms with Gasteiger partial charge in [0.1, 0.15) is 28.1 Å². The maximum Gasteiger partial charge on any atom is 0.419 e. The molecule has 0 fully saturated rings. The minimum absolute atomic E-state index is 0.0317. The summed E-state index contributed by atoms with van der Waals surface area (Å²) in [6.07, 6.45) is -3.96. The summed E-state index contributed by atoms with van der Waals surface area (Å²) in [5, 5.41) is 17.8. The molecule has 0 bridgehead atoms. The number of hydrogen-bond donors (Lipinski definition) is 2. The zero-order chi connectivity index (χ0) is 24.8. The third-order valence-electron chi connectivity index (χ3n) is 4.95. The highest BCUT2D eigenvalue weighted by molar-refractivity contribution is 7.14. The fourth-order valence-corrected chi connectivity index (χ4v) is 3.83. The summed E-state index contributed by atoms with van der Waals surface area (Å²) < 4.78 is 56.9. The molecule has 2 aromatic carbocycles. The van der Waals surface area contributed by atoms with E-state index in [4.69, 9.17) is 19.9 Å². The molecule has 3 N–H and O–H groups in total. The molecular weight excluding hydrogens is 471 g/mol. The van der Waals surface area contributed by atoms with Gasteiger partial charge in [0.2, 0.25) is 0 Å². The molecule has 0 saturated carbocycles. The minimum atomic E-state index is -4.62. The third-order valence-corrected chi connectivity index (χ3v) is 6.21. The zero-order valence-electron chi connectivity index (χ0n) is 18.8. The largest absolute Gasteiger partial charge is 0.497 e. The van der Waals surface area contributed by atoms with E-state index >= 15 is 0 Å². The first-order valence-electron chi connectivity index (χ1n) is 10.4. The van der Waals surface area contributed by atoms with Gasteiger partial charge >= 0.3 is 6.18 Å². The quantitative estimate of drug-likeness (QED) is 0.386. The van der Waals surface area contributed by atoms with E-state index in [2.05, 4.69) is 10.2 Å². The van der Waals surface area contributed by atoms with Crippen molar-refractivity contribution < 1.29 is 32.5 Å². The van der Waals surface area contributed by atoms with E-state index in [1.807, 2.05) is 24.3 Å². The van der Waals surface area contributed by atoms with E-state index in [9.17, 15) is 18.3 Å². The van der Waals surface area contributed by atoms with Crippen LogP contribution < -0.4 is 15.2 Å². The predicted molar refractivity (Wildman–Crippen MR) is 122 cm³/mol. The molecular formula is C23H26F3N3O4S. The van der Waals surface area contributed by atoms with Crippen LogP contribution in [-0.4, -0.2) is 48.8 Å². The van der Waals surface area contributed by atoms with Crippen LogP contribution in [0, 0.1) is 0 Å². The number of aliphatic hydroxyl groups excluding tert-OH is 1. The normalized spacial score (nSPS) is 13.5. The number of hydrogen-bond acceptors (Lipinski definition) is 8. The Bertz CT molecular complexity index is 1070. The lowest BCUT2D eigenvalue weighted by Crippen LogP contribution is -2.36. The second-order valence-electron chi connectivity index (χ2n) is 7.76. The van der Waals surface area contributed by atoms with Crippen molar-refractivity contribution in [1.82, 2.24) is 10.2 Å². The van der Waals surface area contributed by atoms with Crippen LogP contribution in [-0.2, 0) is 22.9 Å². The third kappa shape index (κ3) is 6.66. The number of benzene rings is 2. The highest BCUT2D eigenvalue weighted by atomic mass is 32.1. The van der Waals surface area contributed by atoms with Crippen LogP contribution in [0.3, 0.4) is 0 Å². The summed E-state index contributed by atoms with van der Waals surface area (Å²) in [6.45, 7) is 1.72. The summed E-state index contributed by atoms with van der Waals surface area (Å²) in [4.78, 5) is 0. The second kappa shape index (κ2) is 11.1. The Morgan fingerprint density at radius 3 is 2.41 bits per heavy atom. The molecule has 0 aliphatic rings. The van der Waals surface area contributed by atoms with Crippen LogP contribution in [0.25, 0.3) is 10.6 Å². The van der Waals surface area contributed by atoms with Gasteiger partial charge in [-0.1, -0.05) is 23.5 Å². The van der Waals surface area contributed by atoms with Crippen molar-refractivity contribution in [2.24, 2.45) is 5.73 Å². The number of halogens is 3. The van der Waals surface area contributed by atoms with Gasteiger partial charge in [-0.2, -0.15) is 13.2 Å². The van der Waals surface area contributed by atoms with E-state index in [0.717, 1.165) is 28.7 Å². The topological polar surface area (TPSA) is 99.7 Å². The van der Waals surface area contributed by atoms with Crippen LogP contribution in [0.2, 0.25) is 0 Å². The van der Waals surface area contributed by atoms with Gasteiger partial charge in [0.25, 0.3) is 0 Å². The van der Waals surface area contributed by atoms with Crippen LogP contribution in [0.15, 0.2) is 42.5 Å². The molecule has 3 rings (SSSR count). The number of rotatable bonds is 11. The Balaban J connectivity index is 1.59.